The summed E-state index contributed by atoms with van der Waals surface area (Å²) in [6.45, 7) is 3.96. The van der Waals surface area contributed by atoms with E-state index in [4.69, 9.17) is 23.2 Å². The molecule has 6 heteroatoms. The van der Waals surface area contributed by atoms with Gasteiger partial charge in [-0.15, -0.1) is 0 Å². The summed E-state index contributed by atoms with van der Waals surface area (Å²) in [5.41, 5.74) is 4.07. The first-order valence-corrected chi connectivity index (χ1v) is 10.7. The highest BCUT2D eigenvalue weighted by atomic mass is 35.5. The Bertz CT molecular complexity index is 1430. The average Bonchev–Trinajstić information content (AvgIpc) is 3.07. The Balaban J connectivity index is 1.69. The van der Waals surface area contributed by atoms with Gasteiger partial charge in [0.05, 0.1) is 15.7 Å². The molecule has 3 aromatic carbocycles. The number of carbonyl (C=O) groups excluding carboxylic acids is 1. The van der Waals surface area contributed by atoms with E-state index in [-0.39, 0.29) is 10.6 Å². The lowest BCUT2D eigenvalue weighted by Gasteiger charge is -2.11. The van der Waals surface area contributed by atoms with Crippen LogP contribution >= 0.6 is 23.2 Å². The minimum Gasteiger partial charge on any atom is -0.320 e. The van der Waals surface area contributed by atoms with Crippen molar-refractivity contribution in [1.82, 2.24) is 4.57 Å². The van der Waals surface area contributed by atoms with Crippen molar-refractivity contribution >= 4 is 51.6 Å². The molecule has 32 heavy (non-hydrogen) atoms. The van der Waals surface area contributed by atoms with Crippen LogP contribution in [0.25, 0.3) is 22.5 Å². The van der Waals surface area contributed by atoms with Gasteiger partial charge in [-0.3, -0.25) is 4.79 Å². The number of hydrogen-bond donors (Lipinski definition) is 1. The van der Waals surface area contributed by atoms with Gasteiger partial charge in [0.1, 0.15) is 11.6 Å². The lowest BCUT2D eigenvalue weighted by molar-refractivity contribution is -0.112. The molecule has 1 amide bonds. The lowest BCUT2D eigenvalue weighted by atomic mass is 10.1. The molecule has 4 rings (SSSR count). The second-order valence-corrected chi connectivity index (χ2v) is 8.20. The monoisotopic (exact) mass is 459 g/mol. The first-order valence-electron chi connectivity index (χ1n) is 9.94. The Labute approximate surface area is 196 Å². The molecular weight excluding hydrogens is 441 g/mol. The first kappa shape index (κ1) is 21.7. The standard InChI is InChI=1S/C26H19Cl2N3O/c1-16-12-20(13-21(15-29)26(32)30-24-9-5-8-23(27)25(24)28)17(2)31(16)22-11-10-18-6-3-4-7-19(18)14-22/h3-14H,1-2H3,(H,30,32)/b21-13-. The molecule has 4 aromatic rings. The molecule has 1 heterocycles. The van der Waals surface area contributed by atoms with E-state index in [1.807, 2.05) is 38.1 Å². The van der Waals surface area contributed by atoms with Gasteiger partial charge < -0.3 is 9.88 Å². The number of aryl methyl sites for hydroxylation is 1. The number of fused-ring (bicyclic) bond motifs is 1. The van der Waals surface area contributed by atoms with Crippen LogP contribution in [0.2, 0.25) is 10.0 Å². The molecule has 1 aromatic heterocycles. The number of benzene rings is 3. The highest BCUT2D eigenvalue weighted by molar-refractivity contribution is 6.44. The zero-order valence-electron chi connectivity index (χ0n) is 17.5. The third kappa shape index (κ3) is 4.13. The van der Waals surface area contributed by atoms with Gasteiger partial charge in [0.15, 0.2) is 0 Å². The summed E-state index contributed by atoms with van der Waals surface area (Å²) in [5.74, 6) is -0.549. The fourth-order valence-electron chi connectivity index (χ4n) is 3.74. The molecule has 0 unspecified atom stereocenters. The van der Waals surface area contributed by atoms with Gasteiger partial charge in [0.2, 0.25) is 0 Å². The van der Waals surface area contributed by atoms with Crippen molar-refractivity contribution in [3.63, 3.8) is 0 Å². The van der Waals surface area contributed by atoms with Crippen LogP contribution < -0.4 is 5.32 Å². The van der Waals surface area contributed by atoms with Crippen LogP contribution in [0.3, 0.4) is 0 Å². The summed E-state index contributed by atoms with van der Waals surface area (Å²) in [6, 6.07) is 23.3. The number of anilines is 1. The topological polar surface area (TPSA) is 57.8 Å². The van der Waals surface area contributed by atoms with Crippen molar-refractivity contribution in [2.75, 3.05) is 5.32 Å². The Morgan fingerprint density at radius 2 is 1.75 bits per heavy atom. The van der Waals surface area contributed by atoms with Gasteiger partial charge in [-0.25, -0.2) is 0 Å². The largest absolute Gasteiger partial charge is 0.320 e. The van der Waals surface area contributed by atoms with Crippen LogP contribution in [-0.2, 0) is 4.79 Å². The van der Waals surface area contributed by atoms with Crippen LogP contribution in [-0.4, -0.2) is 10.5 Å². The van der Waals surface area contributed by atoms with E-state index in [1.54, 1.807) is 24.3 Å². The summed E-state index contributed by atoms with van der Waals surface area (Å²) in [4.78, 5) is 12.7. The normalized spacial score (nSPS) is 11.4. The second kappa shape index (κ2) is 8.92. The maximum absolute atomic E-state index is 12.7. The van der Waals surface area contributed by atoms with Gasteiger partial charge in [-0.05, 0) is 66.6 Å². The fourth-order valence-corrected chi connectivity index (χ4v) is 4.09. The molecule has 0 saturated heterocycles. The SMILES string of the molecule is Cc1cc(/C=C(/C#N)C(=O)Nc2cccc(Cl)c2Cl)c(C)n1-c1ccc2ccccc2c1. The number of halogens is 2. The number of amides is 1. The van der Waals surface area contributed by atoms with Gasteiger partial charge in [0.25, 0.3) is 5.91 Å². The first-order chi connectivity index (χ1) is 15.4. The molecule has 0 fully saturated rings. The van der Waals surface area contributed by atoms with Gasteiger partial charge in [-0.2, -0.15) is 5.26 Å². The molecule has 0 saturated carbocycles. The third-order valence-electron chi connectivity index (χ3n) is 5.33. The Morgan fingerprint density at radius 1 is 1.00 bits per heavy atom. The summed E-state index contributed by atoms with van der Waals surface area (Å²) in [7, 11) is 0. The molecule has 1 N–H and O–H groups in total. The Kier molecular flexibility index (Phi) is 6.05. The summed E-state index contributed by atoms with van der Waals surface area (Å²) >= 11 is 12.2. The van der Waals surface area contributed by atoms with Crippen molar-refractivity contribution in [3.8, 4) is 11.8 Å². The molecule has 0 radical (unpaired) electrons. The van der Waals surface area contributed by atoms with E-state index < -0.39 is 5.91 Å². The van der Waals surface area contributed by atoms with E-state index in [2.05, 4.69) is 40.2 Å². The minimum atomic E-state index is -0.549. The van der Waals surface area contributed by atoms with Crippen molar-refractivity contribution in [1.29, 1.82) is 5.26 Å². The maximum Gasteiger partial charge on any atom is 0.266 e. The predicted molar refractivity (Wildman–Crippen MR) is 131 cm³/mol. The number of carbonyl (C=O) groups is 1. The second-order valence-electron chi connectivity index (χ2n) is 7.42. The molecule has 158 valence electrons. The van der Waals surface area contributed by atoms with Crippen molar-refractivity contribution in [2.24, 2.45) is 0 Å². The number of hydrogen-bond acceptors (Lipinski definition) is 2. The molecule has 0 bridgehead atoms. The zero-order chi connectivity index (χ0) is 22.8. The zero-order valence-corrected chi connectivity index (χ0v) is 19.0. The third-order valence-corrected chi connectivity index (χ3v) is 6.15. The van der Waals surface area contributed by atoms with Gasteiger partial charge in [0, 0.05) is 17.1 Å². The summed E-state index contributed by atoms with van der Waals surface area (Å²) in [6.07, 6.45) is 1.59. The maximum atomic E-state index is 12.7. The molecular formula is C26H19Cl2N3O. The van der Waals surface area contributed by atoms with E-state index in [0.717, 1.165) is 28.0 Å². The van der Waals surface area contributed by atoms with Crippen molar-refractivity contribution in [2.45, 2.75) is 13.8 Å². The quantitative estimate of drug-likeness (QED) is 0.261. The van der Waals surface area contributed by atoms with Crippen LogP contribution in [0.4, 0.5) is 5.69 Å². The number of nitrogens with one attached hydrogen (secondary N) is 1. The fraction of sp³-hybridized carbons (Fsp3) is 0.0769. The summed E-state index contributed by atoms with van der Waals surface area (Å²) in [5, 5.41) is 15.1. The summed E-state index contributed by atoms with van der Waals surface area (Å²) < 4.78 is 2.11. The predicted octanol–water partition coefficient (Wildman–Crippen LogP) is 7.10. The van der Waals surface area contributed by atoms with E-state index >= 15 is 0 Å². The molecule has 0 aliphatic rings. The molecule has 0 atom stereocenters. The van der Waals surface area contributed by atoms with Gasteiger partial charge in [-0.1, -0.05) is 59.6 Å². The highest BCUT2D eigenvalue weighted by Crippen LogP contribution is 2.30. The number of rotatable bonds is 4. The molecule has 0 aliphatic carbocycles. The number of aromatic nitrogens is 1. The van der Waals surface area contributed by atoms with E-state index in [9.17, 15) is 10.1 Å². The van der Waals surface area contributed by atoms with Crippen molar-refractivity contribution in [3.05, 3.63) is 99.3 Å². The number of nitrogens with zero attached hydrogens (tertiary/aromatic N) is 2. The minimum absolute atomic E-state index is 0.0280. The van der Waals surface area contributed by atoms with Crippen LogP contribution in [0.5, 0.6) is 0 Å². The lowest BCUT2D eigenvalue weighted by Crippen LogP contribution is -2.13. The van der Waals surface area contributed by atoms with Gasteiger partial charge >= 0.3 is 0 Å². The van der Waals surface area contributed by atoms with Crippen LogP contribution in [0, 0.1) is 25.2 Å². The Hall–Kier alpha value is -3.52. The number of nitriles is 1. The average molecular weight is 460 g/mol. The Morgan fingerprint density at radius 3 is 2.50 bits per heavy atom. The molecule has 0 spiro atoms. The highest BCUT2D eigenvalue weighted by Gasteiger charge is 2.16. The van der Waals surface area contributed by atoms with E-state index in [0.29, 0.717) is 10.7 Å². The molecule has 4 nitrogen and oxygen atoms in total. The van der Waals surface area contributed by atoms with Crippen LogP contribution in [0.15, 0.2) is 72.3 Å². The van der Waals surface area contributed by atoms with Crippen LogP contribution in [0.1, 0.15) is 17.0 Å². The smallest absolute Gasteiger partial charge is 0.266 e. The van der Waals surface area contributed by atoms with Crippen molar-refractivity contribution < 1.29 is 4.79 Å². The van der Waals surface area contributed by atoms with E-state index in [1.165, 1.54) is 5.39 Å². The molecule has 0 aliphatic heterocycles.